The molecular formula is C21H23N3O3S. The van der Waals surface area contributed by atoms with E-state index < -0.39 is 0 Å². The lowest BCUT2D eigenvalue weighted by Crippen LogP contribution is -2.15. The number of carbonyl (C=O) groups excluding carboxylic acids is 1. The monoisotopic (exact) mass is 397 g/mol. The SMILES string of the molecule is COc1ccc(Cn2c(CO)cnc2SCC(=O)Nc2ccc(C)cc2)cc1. The van der Waals surface area contributed by atoms with Crippen LogP contribution in [0.2, 0.25) is 0 Å². The summed E-state index contributed by atoms with van der Waals surface area (Å²) in [7, 11) is 1.63. The van der Waals surface area contributed by atoms with Crippen LogP contribution in [0.15, 0.2) is 59.9 Å². The average Bonchev–Trinajstić information content (AvgIpc) is 3.10. The first-order chi connectivity index (χ1) is 13.6. The zero-order valence-corrected chi connectivity index (χ0v) is 16.7. The van der Waals surface area contributed by atoms with Gasteiger partial charge in [-0.15, -0.1) is 0 Å². The Balaban J connectivity index is 1.65. The second kappa shape index (κ2) is 9.43. The van der Waals surface area contributed by atoms with Crippen LogP contribution in [0.1, 0.15) is 16.8 Å². The Morgan fingerprint density at radius 2 is 1.89 bits per heavy atom. The van der Waals surface area contributed by atoms with Crippen molar-refractivity contribution in [3.63, 3.8) is 0 Å². The Morgan fingerprint density at radius 1 is 1.18 bits per heavy atom. The van der Waals surface area contributed by atoms with Crippen molar-refractivity contribution in [3.05, 3.63) is 71.5 Å². The molecule has 7 heteroatoms. The molecule has 0 aliphatic heterocycles. The van der Waals surface area contributed by atoms with Gasteiger partial charge in [-0.3, -0.25) is 4.79 Å². The van der Waals surface area contributed by atoms with Crippen molar-refractivity contribution in [2.45, 2.75) is 25.2 Å². The molecular weight excluding hydrogens is 374 g/mol. The number of benzene rings is 2. The topological polar surface area (TPSA) is 76.4 Å². The predicted octanol–water partition coefficient (Wildman–Crippen LogP) is 3.47. The summed E-state index contributed by atoms with van der Waals surface area (Å²) in [6.45, 7) is 2.45. The number of aryl methyl sites for hydroxylation is 1. The highest BCUT2D eigenvalue weighted by atomic mass is 32.2. The first-order valence-electron chi connectivity index (χ1n) is 8.86. The molecule has 3 rings (SSSR count). The maximum absolute atomic E-state index is 12.3. The fraction of sp³-hybridized carbons (Fsp3) is 0.238. The quantitative estimate of drug-likeness (QED) is 0.569. The van der Waals surface area contributed by atoms with Gasteiger partial charge in [0.2, 0.25) is 5.91 Å². The van der Waals surface area contributed by atoms with Crippen molar-refractivity contribution in [2.24, 2.45) is 0 Å². The number of rotatable bonds is 8. The molecule has 0 radical (unpaired) electrons. The van der Waals surface area contributed by atoms with Crippen LogP contribution in [-0.4, -0.2) is 33.4 Å². The lowest BCUT2D eigenvalue weighted by Gasteiger charge is -2.11. The highest BCUT2D eigenvalue weighted by Crippen LogP contribution is 2.22. The van der Waals surface area contributed by atoms with E-state index in [1.165, 1.54) is 11.8 Å². The second-order valence-corrected chi connectivity index (χ2v) is 7.27. The molecule has 0 saturated carbocycles. The number of methoxy groups -OCH3 is 1. The van der Waals surface area contributed by atoms with Gasteiger partial charge in [0.25, 0.3) is 0 Å². The molecule has 1 heterocycles. The van der Waals surface area contributed by atoms with Gasteiger partial charge in [0, 0.05) is 12.2 Å². The number of ether oxygens (including phenoxy) is 1. The molecule has 3 aromatic rings. The van der Waals surface area contributed by atoms with E-state index in [1.807, 2.05) is 60.0 Å². The normalized spacial score (nSPS) is 10.7. The first-order valence-corrected chi connectivity index (χ1v) is 9.85. The zero-order valence-electron chi connectivity index (χ0n) is 15.9. The van der Waals surface area contributed by atoms with Gasteiger partial charge >= 0.3 is 0 Å². The minimum Gasteiger partial charge on any atom is -0.497 e. The largest absolute Gasteiger partial charge is 0.497 e. The fourth-order valence-corrected chi connectivity index (χ4v) is 3.48. The van der Waals surface area contributed by atoms with Gasteiger partial charge in [-0.05, 0) is 36.8 Å². The molecule has 146 valence electrons. The van der Waals surface area contributed by atoms with Gasteiger partial charge < -0.3 is 19.7 Å². The predicted molar refractivity (Wildman–Crippen MR) is 111 cm³/mol. The van der Waals surface area contributed by atoms with E-state index in [0.29, 0.717) is 17.4 Å². The molecule has 1 aromatic heterocycles. The van der Waals surface area contributed by atoms with Crippen LogP contribution in [0.3, 0.4) is 0 Å². The Morgan fingerprint density at radius 3 is 2.54 bits per heavy atom. The molecule has 0 saturated heterocycles. The molecule has 2 aromatic carbocycles. The van der Waals surface area contributed by atoms with Crippen molar-refractivity contribution in [2.75, 3.05) is 18.2 Å². The zero-order chi connectivity index (χ0) is 19.9. The summed E-state index contributed by atoms with van der Waals surface area (Å²) >= 11 is 1.34. The van der Waals surface area contributed by atoms with Crippen LogP contribution in [-0.2, 0) is 17.9 Å². The highest BCUT2D eigenvalue weighted by molar-refractivity contribution is 7.99. The van der Waals surface area contributed by atoms with Crippen LogP contribution < -0.4 is 10.1 Å². The van der Waals surface area contributed by atoms with E-state index in [2.05, 4.69) is 10.3 Å². The van der Waals surface area contributed by atoms with Gasteiger partial charge in [0.15, 0.2) is 5.16 Å². The number of amides is 1. The van der Waals surface area contributed by atoms with Gasteiger partial charge in [-0.25, -0.2) is 4.98 Å². The number of hydrogen-bond acceptors (Lipinski definition) is 5. The number of hydrogen-bond donors (Lipinski definition) is 2. The molecule has 0 bridgehead atoms. The molecule has 2 N–H and O–H groups in total. The van der Waals surface area contributed by atoms with E-state index in [-0.39, 0.29) is 18.3 Å². The molecule has 0 atom stereocenters. The van der Waals surface area contributed by atoms with Crippen LogP contribution in [0.25, 0.3) is 0 Å². The Hall–Kier alpha value is -2.77. The third kappa shape index (κ3) is 5.15. The van der Waals surface area contributed by atoms with E-state index in [0.717, 1.165) is 22.6 Å². The molecule has 0 spiro atoms. The van der Waals surface area contributed by atoms with Crippen molar-refractivity contribution in [3.8, 4) is 5.75 Å². The highest BCUT2D eigenvalue weighted by Gasteiger charge is 2.13. The Kier molecular flexibility index (Phi) is 6.73. The molecule has 6 nitrogen and oxygen atoms in total. The van der Waals surface area contributed by atoms with E-state index >= 15 is 0 Å². The number of thioether (sulfide) groups is 1. The Bertz CT molecular complexity index is 921. The van der Waals surface area contributed by atoms with Crippen molar-refractivity contribution >= 4 is 23.4 Å². The van der Waals surface area contributed by atoms with Crippen LogP contribution >= 0.6 is 11.8 Å². The number of nitrogens with zero attached hydrogens (tertiary/aromatic N) is 2. The van der Waals surface area contributed by atoms with E-state index in [1.54, 1.807) is 13.3 Å². The molecule has 28 heavy (non-hydrogen) atoms. The van der Waals surface area contributed by atoms with Gasteiger partial charge in [-0.1, -0.05) is 41.6 Å². The first kappa shape index (κ1) is 20.0. The summed E-state index contributed by atoms with van der Waals surface area (Å²) in [5.41, 5.74) is 3.68. The fourth-order valence-electron chi connectivity index (χ4n) is 2.68. The summed E-state index contributed by atoms with van der Waals surface area (Å²) in [4.78, 5) is 16.6. The summed E-state index contributed by atoms with van der Waals surface area (Å²) < 4.78 is 7.11. The number of aromatic nitrogens is 2. The summed E-state index contributed by atoms with van der Waals surface area (Å²) in [5, 5.41) is 13.2. The lowest BCUT2D eigenvalue weighted by atomic mass is 10.2. The number of aliphatic hydroxyl groups is 1. The maximum atomic E-state index is 12.3. The minimum absolute atomic E-state index is 0.0987. The lowest BCUT2D eigenvalue weighted by molar-refractivity contribution is -0.113. The molecule has 0 fully saturated rings. The molecule has 0 aliphatic rings. The van der Waals surface area contributed by atoms with Crippen LogP contribution in [0, 0.1) is 6.92 Å². The number of aliphatic hydroxyl groups excluding tert-OH is 1. The minimum atomic E-state index is -0.112. The van der Waals surface area contributed by atoms with Crippen LogP contribution in [0.4, 0.5) is 5.69 Å². The number of nitrogens with one attached hydrogen (secondary N) is 1. The van der Waals surface area contributed by atoms with Crippen molar-refractivity contribution < 1.29 is 14.6 Å². The number of imidazole rings is 1. The smallest absolute Gasteiger partial charge is 0.234 e. The van der Waals surface area contributed by atoms with E-state index in [4.69, 9.17) is 4.74 Å². The third-order valence-corrected chi connectivity index (χ3v) is 5.22. The molecule has 0 aliphatic carbocycles. The third-order valence-electron chi connectivity index (χ3n) is 4.23. The average molecular weight is 398 g/mol. The Labute approximate surface area is 168 Å². The van der Waals surface area contributed by atoms with E-state index in [9.17, 15) is 9.90 Å². The summed E-state index contributed by atoms with van der Waals surface area (Å²) in [6, 6.07) is 15.4. The van der Waals surface area contributed by atoms with Gasteiger partial charge in [0.05, 0.1) is 31.4 Å². The van der Waals surface area contributed by atoms with Crippen molar-refractivity contribution in [1.82, 2.24) is 9.55 Å². The summed E-state index contributed by atoms with van der Waals surface area (Å²) in [6.07, 6.45) is 1.64. The summed E-state index contributed by atoms with van der Waals surface area (Å²) in [5.74, 6) is 0.927. The van der Waals surface area contributed by atoms with Crippen molar-refractivity contribution in [1.29, 1.82) is 0 Å². The van der Waals surface area contributed by atoms with Gasteiger partial charge in [0.1, 0.15) is 5.75 Å². The maximum Gasteiger partial charge on any atom is 0.234 e. The number of carbonyl (C=O) groups is 1. The number of anilines is 1. The second-order valence-electron chi connectivity index (χ2n) is 6.33. The molecule has 0 unspecified atom stereocenters. The van der Waals surface area contributed by atoms with Gasteiger partial charge in [-0.2, -0.15) is 0 Å². The standard InChI is InChI=1S/C21H23N3O3S/c1-15-3-7-17(8-4-15)23-20(26)14-28-21-22-11-18(13-25)24(21)12-16-5-9-19(27-2)10-6-16/h3-11,25H,12-14H2,1-2H3,(H,23,26). The molecule has 1 amide bonds. The van der Waals surface area contributed by atoms with Crippen LogP contribution in [0.5, 0.6) is 5.75 Å².